The molecule has 4 rings (SSSR count). The summed E-state index contributed by atoms with van der Waals surface area (Å²) < 4.78 is 5.30. The Bertz CT molecular complexity index is 903. The lowest BCUT2D eigenvalue weighted by atomic mass is 10.1. The van der Waals surface area contributed by atoms with E-state index in [9.17, 15) is 4.79 Å². The summed E-state index contributed by atoms with van der Waals surface area (Å²) >= 11 is 0. The number of anilines is 1. The minimum Gasteiger partial charge on any atom is -0.369 e. The molecule has 6 nitrogen and oxygen atoms in total. The topological polar surface area (TPSA) is 61.6 Å². The monoisotopic (exact) mass is 390 g/mol. The Labute approximate surface area is 171 Å². The molecule has 1 saturated heterocycles. The minimum absolute atomic E-state index is 0.190. The molecule has 29 heavy (non-hydrogen) atoms. The number of nitrogens with zero attached hydrogens (tertiary/aromatic N) is 3. The van der Waals surface area contributed by atoms with Crippen LogP contribution in [0, 0.1) is 0 Å². The Morgan fingerprint density at radius 3 is 2.38 bits per heavy atom. The highest BCUT2D eigenvalue weighted by Crippen LogP contribution is 2.19. The van der Waals surface area contributed by atoms with Crippen molar-refractivity contribution in [2.45, 2.75) is 6.42 Å². The Morgan fingerprint density at radius 2 is 1.66 bits per heavy atom. The summed E-state index contributed by atoms with van der Waals surface area (Å²) in [5.74, 6) is 0.414. The van der Waals surface area contributed by atoms with Gasteiger partial charge in [-0.15, -0.1) is 0 Å². The van der Waals surface area contributed by atoms with Crippen molar-refractivity contribution < 1.29 is 9.32 Å². The molecule has 1 N–H and O–H groups in total. The van der Waals surface area contributed by atoms with Gasteiger partial charge in [0.05, 0.1) is 0 Å². The molecule has 1 aliphatic heterocycles. The number of aromatic nitrogens is 1. The van der Waals surface area contributed by atoms with E-state index in [-0.39, 0.29) is 5.91 Å². The standard InChI is InChI=1S/C23H26N4O2/c28-23(21-18-22(29-25-21)19-8-3-1-4-9-19)24-12-7-13-26-14-16-27(17-15-26)20-10-5-2-6-11-20/h1-6,8-11,18H,7,12-17H2,(H,24,28). The van der Waals surface area contributed by atoms with E-state index in [1.54, 1.807) is 6.07 Å². The van der Waals surface area contributed by atoms with E-state index in [0.717, 1.165) is 44.7 Å². The number of carbonyl (C=O) groups excluding carboxylic acids is 1. The van der Waals surface area contributed by atoms with Crippen LogP contribution in [0.5, 0.6) is 0 Å². The molecular weight excluding hydrogens is 364 g/mol. The quantitative estimate of drug-likeness (QED) is 0.628. The number of para-hydroxylation sites is 1. The third-order valence-corrected chi connectivity index (χ3v) is 5.23. The fraction of sp³-hybridized carbons (Fsp3) is 0.304. The summed E-state index contributed by atoms with van der Waals surface area (Å²) in [5.41, 5.74) is 2.52. The Kier molecular flexibility index (Phi) is 6.22. The molecule has 0 spiro atoms. The number of nitrogens with one attached hydrogen (secondary N) is 1. The summed E-state index contributed by atoms with van der Waals surface area (Å²) in [7, 11) is 0. The first-order valence-electron chi connectivity index (χ1n) is 10.1. The highest BCUT2D eigenvalue weighted by molar-refractivity contribution is 5.93. The molecule has 6 heteroatoms. The van der Waals surface area contributed by atoms with Crippen molar-refractivity contribution in [2.24, 2.45) is 0 Å². The van der Waals surface area contributed by atoms with Gasteiger partial charge in [0, 0.05) is 50.0 Å². The van der Waals surface area contributed by atoms with Crippen LogP contribution in [0.25, 0.3) is 11.3 Å². The lowest BCUT2D eigenvalue weighted by Gasteiger charge is -2.36. The molecule has 0 radical (unpaired) electrons. The summed E-state index contributed by atoms with van der Waals surface area (Å²) in [5, 5.41) is 6.83. The molecule has 1 aromatic heterocycles. The molecule has 1 amide bonds. The normalized spacial score (nSPS) is 14.7. The van der Waals surface area contributed by atoms with Crippen LogP contribution in [0.15, 0.2) is 71.3 Å². The number of rotatable bonds is 7. The van der Waals surface area contributed by atoms with Gasteiger partial charge in [0.1, 0.15) is 0 Å². The van der Waals surface area contributed by atoms with Gasteiger partial charge in [0.25, 0.3) is 5.91 Å². The van der Waals surface area contributed by atoms with Crippen molar-refractivity contribution >= 4 is 11.6 Å². The highest BCUT2D eigenvalue weighted by Gasteiger charge is 2.17. The van der Waals surface area contributed by atoms with Gasteiger partial charge in [0.2, 0.25) is 0 Å². The van der Waals surface area contributed by atoms with Crippen molar-refractivity contribution in [1.29, 1.82) is 0 Å². The number of piperazine rings is 1. The van der Waals surface area contributed by atoms with E-state index < -0.39 is 0 Å². The second-order valence-corrected chi connectivity index (χ2v) is 7.22. The van der Waals surface area contributed by atoms with E-state index in [0.29, 0.717) is 18.0 Å². The van der Waals surface area contributed by atoms with Crippen LogP contribution < -0.4 is 10.2 Å². The van der Waals surface area contributed by atoms with Crippen molar-refractivity contribution in [3.63, 3.8) is 0 Å². The lowest BCUT2D eigenvalue weighted by Crippen LogP contribution is -2.47. The van der Waals surface area contributed by atoms with Crippen LogP contribution in [-0.4, -0.2) is 55.2 Å². The predicted octanol–water partition coefficient (Wildman–Crippen LogP) is 3.28. The first kappa shape index (κ1) is 19.2. The molecule has 2 heterocycles. The zero-order chi connectivity index (χ0) is 19.9. The Morgan fingerprint density at radius 1 is 0.966 bits per heavy atom. The summed E-state index contributed by atoms with van der Waals surface area (Å²) in [4.78, 5) is 17.2. The molecule has 1 fully saturated rings. The van der Waals surface area contributed by atoms with Crippen molar-refractivity contribution in [3.05, 3.63) is 72.4 Å². The number of amides is 1. The molecule has 0 aliphatic carbocycles. The first-order chi connectivity index (χ1) is 14.3. The predicted molar refractivity (Wildman–Crippen MR) is 114 cm³/mol. The van der Waals surface area contributed by atoms with Crippen molar-refractivity contribution in [3.8, 4) is 11.3 Å². The van der Waals surface area contributed by atoms with Gasteiger partial charge < -0.3 is 14.7 Å². The van der Waals surface area contributed by atoms with Gasteiger partial charge in [-0.2, -0.15) is 0 Å². The summed E-state index contributed by atoms with van der Waals surface area (Å²) in [6.45, 7) is 5.79. The van der Waals surface area contributed by atoms with E-state index >= 15 is 0 Å². The molecule has 0 unspecified atom stereocenters. The average molecular weight is 390 g/mol. The fourth-order valence-electron chi connectivity index (χ4n) is 3.58. The van der Waals surface area contributed by atoms with Crippen LogP contribution in [0.3, 0.4) is 0 Å². The molecular formula is C23H26N4O2. The molecule has 0 atom stereocenters. The van der Waals surface area contributed by atoms with Crippen molar-refractivity contribution in [2.75, 3.05) is 44.2 Å². The van der Waals surface area contributed by atoms with Crippen LogP contribution in [0.2, 0.25) is 0 Å². The largest absolute Gasteiger partial charge is 0.369 e. The van der Waals surface area contributed by atoms with Crippen LogP contribution in [-0.2, 0) is 0 Å². The van der Waals surface area contributed by atoms with Crippen LogP contribution in [0.4, 0.5) is 5.69 Å². The second-order valence-electron chi connectivity index (χ2n) is 7.22. The molecule has 2 aromatic carbocycles. The maximum absolute atomic E-state index is 12.3. The van der Waals surface area contributed by atoms with Gasteiger partial charge in [-0.1, -0.05) is 53.7 Å². The maximum atomic E-state index is 12.3. The zero-order valence-electron chi connectivity index (χ0n) is 16.5. The first-order valence-corrected chi connectivity index (χ1v) is 10.1. The number of carbonyl (C=O) groups is 1. The highest BCUT2D eigenvalue weighted by atomic mass is 16.5. The zero-order valence-corrected chi connectivity index (χ0v) is 16.5. The minimum atomic E-state index is -0.190. The van der Waals surface area contributed by atoms with Gasteiger partial charge in [-0.25, -0.2) is 0 Å². The maximum Gasteiger partial charge on any atom is 0.273 e. The van der Waals surface area contributed by atoms with Gasteiger partial charge in [-0.05, 0) is 25.1 Å². The van der Waals surface area contributed by atoms with E-state index in [1.807, 2.05) is 30.3 Å². The van der Waals surface area contributed by atoms with Crippen LogP contribution >= 0.6 is 0 Å². The molecule has 3 aromatic rings. The third-order valence-electron chi connectivity index (χ3n) is 5.23. The fourth-order valence-corrected chi connectivity index (χ4v) is 3.58. The average Bonchev–Trinajstić information content (AvgIpc) is 3.29. The molecule has 0 bridgehead atoms. The van der Waals surface area contributed by atoms with E-state index in [1.165, 1.54) is 5.69 Å². The Hall–Kier alpha value is -3.12. The van der Waals surface area contributed by atoms with Gasteiger partial charge >= 0.3 is 0 Å². The summed E-state index contributed by atoms with van der Waals surface area (Å²) in [6, 6.07) is 21.9. The molecule has 0 saturated carbocycles. The smallest absolute Gasteiger partial charge is 0.273 e. The van der Waals surface area contributed by atoms with Crippen molar-refractivity contribution in [1.82, 2.24) is 15.4 Å². The molecule has 150 valence electrons. The lowest BCUT2D eigenvalue weighted by molar-refractivity contribution is 0.0942. The van der Waals surface area contributed by atoms with Crippen LogP contribution in [0.1, 0.15) is 16.9 Å². The Balaban J connectivity index is 1.17. The number of hydrogen-bond donors (Lipinski definition) is 1. The van der Waals surface area contributed by atoms with Gasteiger partial charge in [0.15, 0.2) is 11.5 Å². The SMILES string of the molecule is O=C(NCCCN1CCN(c2ccccc2)CC1)c1cc(-c2ccccc2)on1. The molecule has 1 aliphatic rings. The van der Waals surface area contributed by atoms with Gasteiger partial charge in [-0.3, -0.25) is 9.69 Å². The van der Waals surface area contributed by atoms with E-state index in [2.05, 4.69) is 50.6 Å². The van der Waals surface area contributed by atoms with E-state index in [4.69, 9.17) is 4.52 Å². The number of benzene rings is 2. The number of hydrogen-bond acceptors (Lipinski definition) is 5. The summed E-state index contributed by atoms with van der Waals surface area (Å²) in [6.07, 6.45) is 0.917. The second kappa shape index (κ2) is 9.39. The third kappa shape index (κ3) is 5.03.